The zero-order valence-corrected chi connectivity index (χ0v) is 15.9. The van der Waals surface area contributed by atoms with E-state index in [2.05, 4.69) is 22.2 Å². The molecule has 0 aliphatic carbocycles. The second-order valence-electron chi connectivity index (χ2n) is 6.82. The smallest absolute Gasteiger partial charge is 0.253 e. The SMILES string of the molecule is CN1CCN(C(=O)c2ccc(Nc3ccnc4cc(Cl)ccc34)cc2)CC1. The number of piperazine rings is 1. The summed E-state index contributed by atoms with van der Waals surface area (Å²) in [7, 11) is 2.08. The predicted molar refractivity (Wildman–Crippen MR) is 110 cm³/mol. The Balaban J connectivity index is 1.51. The first kappa shape index (κ1) is 17.8. The molecule has 0 unspecified atom stereocenters. The van der Waals surface area contributed by atoms with Crippen LogP contribution < -0.4 is 5.32 Å². The Morgan fingerprint density at radius 1 is 1.04 bits per heavy atom. The molecule has 1 fully saturated rings. The number of aromatic nitrogens is 1. The molecule has 1 aliphatic rings. The summed E-state index contributed by atoms with van der Waals surface area (Å²) in [6.07, 6.45) is 1.76. The van der Waals surface area contributed by atoms with E-state index in [4.69, 9.17) is 11.6 Å². The van der Waals surface area contributed by atoms with Gasteiger partial charge in [0, 0.05) is 59.7 Å². The molecule has 3 aromatic rings. The predicted octanol–water partition coefficient (Wildman–Crippen LogP) is 4.02. The summed E-state index contributed by atoms with van der Waals surface area (Å²) in [6.45, 7) is 3.40. The maximum atomic E-state index is 12.6. The lowest BCUT2D eigenvalue weighted by Gasteiger charge is -2.32. The number of anilines is 2. The Bertz CT molecular complexity index is 966. The molecule has 6 heteroatoms. The number of hydrogen-bond donors (Lipinski definition) is 1. The Morgan fingerprint density at radius 2 is 1.78 bits per heavy atom. The summed E-state index contributed by atoms with van der Waals surface area (Å²) in [4.78, 5) is 21.2. The number of benzene rings is 2. The molecule has 1 N–H and O–H groups in total. The van der Waals surface area contributed by atoms with Crippen molar-refractivity contribution in [3.05, 3.63) is 65.3 Å². The van der Waals surface area contributed by atoms with Crippen molar-refractivity contribution in [2.24, 2.45) is 0 Å². The van der Waals surface area contributed by atoms with Gasteiger partial charge < -0.3 is 15.1 Å². The van der Waals surface area contributed by atoms with E-state index in [-0.39, 0.29) is 5.91 Å². The van der Waals surface area contributed by atoms with Gasteiger partial charge in [-0.1, -0.05) is 11.6 Å². The van der Waals surface area contributed by atoms with Crippen LogP contribution in [0.4, 0.5) is 11.4 Å². The molecule has 138 valence electrons. The summed E-state index contributed by atoms with van der Waals surface area (Å²) in [6, 6.07) is 15.2. The van der Waals surface area contributed by atoms with E-state index in [9.17, 15) is 4.79 Å². The van der Waals surface area contributed by atoms with Crippen LogP contribution in [0, 0.1) is 0 Å². The van der Waals surface area contributed by atoms with Crippen LogP contribution in [0.3, 0.4) is 0 Å². The highest BCUT2D eigenvalue weighted by Crippen LogP contribution is 2.27. The van der Waals surface area contributed by atoms with Crippen LogP contribution in [0.1, 0.15) is 10.4 Å². The molecule has 0 saturated carbocycles. The lowest BCUT2D eigenvalue weighted by atomic mass is 10.1. The minimum atomic E-state index is 0.0960. The number of nitrogens with zero attached hydrogens (tertiary/aromatic N) is 3. The van der Waals surface area contributed by atoms with Crippen molar-refractivity contribution in [3.63, 3.8) is 0 Å². The molecule has 0 bridgehead atoms. The topological polar surface area (TPSA) is 48.5 Å². The Labute approximate surface area is 163 Å². The van der Waals surface area contributed by atoms with Crippen LogP contribution in [0.25, 0.3) is 10.9 Å². The molecule has 27 heavy (non-hydrogen) atoms. The lowest BCUT2D eigenvalue weighted by Crippen LogP contribution is -2.47. The number of nitrogens with one attached hydrogen (secondary N) is 1. The van der Waals surface area contributed by atoms with E-state index in [1.54, 1.807) is 6.20 Å². The highest BCUT2D eigenvalue weighted by atomic mass is 35.5. The van der Waals surface area contributed by atoms with E-state index < -0.39 is 0 Å². The summed E-state index contributed by atoms with van der Waals surface area (Å²) >= 11 is 6.05. The lowest BCUT2D eigenvalue weighted by molar-refractivity contribution is 0.0664. The fraction of sp³-hybridized carbons (Fsp3) is 0.238. The molecule has 1 amide bonds. The van der Waals surface area contributed by atoms with Crippen molar-refractivity contribution in [2.75, 3.05) is 38.5 Å². The van der Waals surface area contributed by atoms with Crippen molar-refractivity contribution in [3.8, 4) is 0 Å². The van der Waals surface area contributed by atoms with E-state index >= 15 is 0 Å². The standard InChI is InChI=1S/C21H21ClN4O/c1-25-10-12-26(13-11-25)21(27)15-2-5-17(6-3-15)24-19-8-9-23-20-14-16(22)4-7-18(19)20/h2-9,14H,10-13H2,1H3,(H,23,24). The largest absolute Gasteiger partial charge is 0.355 e. The number of rotatable bonds is 3. The summed E-state index contributed by atoms with van der Waals surface area (Å²) in [5.74, 6) is 0.0960. The van der Waals surface area contributed by atoms with Gasteiger partial charge in [-0.05, 0) is 55.6 Å². The number of likely N-dealkylation sites (N-methyl/N-ethyl adjacent to an activating group) is 1. The van der Waals surface area contributed by atoms with Gasteiger partial charge in [-0.25, -0.2) is 0 Å². The molecule has 0 atom stereocenters. The number of fused-ring (bicyclic) bond motifs is 1. The molecule has 0 radical (unpaired) electrons. The highest BCUT2D eigenvalue weighted by Gasteiger charge is 2.20. The maximum absolute atomic E-state index is 12.6. The van der Waals surface area contributed by atoms with Gasteiger partial charge in [0.2, 0.25) is 0 Å². The molecule has 2 heterocycles. The van der Waals surface area contributed by atoms with Crippen LogP contribution in [-0.4, -0.2) is 53.9 Å². The first-order valence-corrected chi connectivity index (χ1v) is 9.37. The van der Waals surface area contributed by atoms with Gasteiger partial charge in [-0.3, -0.25) is 9.78 Å². The van der Waals surface area contributed by atoms with Gasteiger partial charge in [-0.2, -0.15) is 0 Å². The molecular weight excluding hydrogens is 360 g/mol. The van der Waals surface area contributed by atoms with Crippen LogP contribution in [-0.2, 0) is 0 Å². The van der Waals surface area contributed by atoms with Gasteiger partial charge >= 0.3 is 0 Å². The molecule has 4 rings (SSSR count). The second-order valence-corrected chi connectivity index (χ2v) is 7.25. The maximum Gasteiger partial charge on any atom is 0.253 e. The summed E-state index contributed by atoms with van der Waals surface area (Å²) in [5, 5.41) is 5.07. The monoisotopic (exact) mass is 380 g/mol. The van der Waals surface area contributed by atoms with Crippen molar-refractivity contribution in [1.29, 1.82) is 0 Å². The minimum Gasteiger partial charge on any atom is -0.355 e. The van der Waals surface area contributed by atoms with Crippen molar-refractivity contribution in [2.45, 2.75) is 0 Å². The number of amides is 1. The van der Waals surface area contributed by atoms with Gasteiger partial charge in [0.1, 0.15) is 0 Å². The summed E-state index contributed by atoms with van der Waals surface area (Å²) in [5.41, 5.74) is 3.44. The number of hydrogen-bond acceptors (Lipinski definition) is 4. The minimum absolute atomic E-state index is 0.0960. The number of carbonyl (C=O) groups excluding carboxylic acids is 1. The van der Waals surface area contributed by atoms with E-state index in [0.717, 1.165) is 54.0 Å². The molecule has 5 nitrogen and oxygen atoms in total. The Morgan fingerprint density at radius 3 is 2.52 bits per heavy atom. The highest BCUT2D eigenvalue weighted by molar-refractivity contribution is 6.31. The van der Waals surface area contributed by atoms with Gasteiger partial charge in [0.05, 0.1) is 5.52 Å². The third-order valence-electron chi connectivity index (χ3n) is 4.91. The molecule has 2 aromatic carbocycles. The van der Waals surface area contributed by atoms with Crippen molar-refractivity contribution in [1.82, 2.24) is 14.8 Å². The second kappa shape index (κ2) is 7.55. The van der Waals surface area contributed by atoms with Crippen LogP contribution in [0.15, 0.2) is 54.7 Å². The molecule has 1 aliphatic heterocycles. The van der Waals surface area contributed by atoms with Gasteiger partial charge in [0.15, 0.2) is 0 Å². The normalized spacial score (nSPS) is 15.1. The Hall–Kier alpha value is -2.63. The average molecular weight is 381 g/mol. The van der Waals surface area contributed by atoms with E-state index in [1.165, 1.54) is 0 Å². The first-order chi connectivity index (χ1) is 13.1. The zero-order valence-electron chi connectivity index (χ0n) is 15.2. The Kier molecular flexibility index (Phi) is 4.97. The van der Waals surface area contributed by atoms with Crippen LogP contribution in [0.5, 0.6) is 0 Å². The quantitative estimate of drug-likeness (QED) is 0.745. The third-order valence-corrected chi connectivity index (χ3v) is 5.14. The number of carbonyl (C=O) groups is 1. The fourth-order valence-corrected chi connectivity index (χ4v) is 3.44. The first-order valence-electron chi connectivity index (χ1n) is 8.99. The fourth-order valence-electron chi connectivity index (χ4n) is 3.27. The number of halogens is 1. The molecular formula is C21H21ClN4O. The zero-order chi connectivity index (χ0) is 18.8. The van der Waals surface area contributed by atoms with Crippen LogP contribution >= 0.6 is 11.6 Å². The molecule has 1 saturated heterocycles. The molecule has 1 aromatic heterocycles. The van der Waals surface area contributed by atoms with Crippen molar-refractivity contribution >= 4 is 39.8 Å². The van der Waals surface area contributed by atoms with E-state index in [1.807, 2.05) is 53.4 Å². The van der Waals surface area contributed by atoms with Crippen LogP contribution in [0.2, 0.25) is 5.02 Å². The van der Waals surface area contributed by atoms with E-state index in [0.29, 0.717) is 5.02 Å². The van der Waals surface area contributed by atoms with Gasteiger partial charge in [-0.15, -0.1) is 0 Å². The number of pyridine rings is 1. The summed E-state index contributed by atoms with van der Waals surface area (Å²) < 4.78 is 0. The van der Waals surface area contributed by atoms with Crippen molar-refractivity contribution < 1.29 is 4.79 Å². The average Bonchev–Trinajstić information content (AvgIpc) is 2.68. The van der Waals surface area contributed by atoms with Gasteiger partial charge in [0.25, 0.3) is 5.91 Å². The third kappa shape index (κ3) is 3.89. The molecule has 0 spiro atoms.